The van der Waals surface area contributed by atoms with Gasteiger partial charge in [-0.05, 0) is 108 Å². The lowest BCUT2D eigenvalue weighted by Gasteiger charge is -2.22. The van der Waals surface area contributed by atoms with E-state index in [-0.39, 0.29) is 5.41 Å². The highest BCUT2D eigenvalue weighted by Gasteiger charge is 2.37. The van der Waals surface area contributed by atoms with Crippen molar-refractivity contribution in [2.24, 2.45) is 0 Å². The molecule has 1 aromatic heterocycles. The minimum absolute atomic E-state index is 0.0993. The topological polar surface area (TPSA) is 25.8 Å². The summed E-state index contributed by atoms with van der Waals surface area (Å²) >= 11 is 0. The zero-order valence-corrected chi connectivity index (χ0v) is 34.2. The van der Waals surface area contributed by atoms with E-state index in [0.29, 0.717) is 5.82 Å². The number of rotatable bonds is 7. The summed E-state index contributed by atoms with van der Waals surface area (Å²) in [5.41, 5.74) is 19.6. The molecule has 1 aliphatic rings. The van der Waals surface area contributed by atoms with E-state index >= 15 is 0 Å². The zero-order chi connectivity index (χ0) is 40.9. The van der Waals surface area contributed by atoms with Gasteiger partial charge in [0.1, 0.15) is 0 Å². The predicted molar refractivity (Wildman–Crippen MR) is 255 cm³/mol. The Morgan fingerprint density at radius 2 is 0.738 bits per heavy atom. The number of hydrogen-bond donors (Lipinski definition) is 0. The first-order chi connectivity index (χ1) is 30.0. The Hall–Kier alpha value is -7.68. The van der Waals surface area contributed by atoms with E-state index in [1.165, 1.54) is 66.4 Å². The smallest absolute Gasteiger partial charge is 0.160 e. The molecule has 10 aromatic rings. The maximum absolute atomic E-state index is 5.25. The Bertz CT molecular complexity index is 3130. The van der Waals surface area contributed by atoms with Crippen LogP contribution in [0.4, 0.5) is 0 Å². The summed E-state index contributed by atoms with van der Waals surface area (Å²) in [6, 6.07) is 78.5. The van der Waals surface area contributed by atoms with E-state index in [9.17, 15) is 0 Å². The van der Waals surface area contributed by atoms with E-state index in [0.717, 1.165) is 39.2 Å². The largest absolute Gasteiger partial charge is 0.228 e. The first-order valence-electron chi connectivity index (χ1n) is 21.1. The van der Waals surface area contributed by atoms with Crippen LogP contribution in [0.5, 0.6) is 0 Å². The molecule has 9 aromatic carbocycles. The Balaban J connectivity index is 0.989. The lowest BCUT2D eigenvalue weighted by atomic mass is 9.81. The fourth-order valence-corrected chi connectivity index (χ4v) is 9.22. The van der Waals surface area contributed by atoms with Crippen molar-refractivity contribution in [3.05, 3.63) is 230 Å². The third kappa shape index (κ3) is 6.63. The molecule has 0 bridgehead atoms. The van der Waals surface area contributed by atoms with Crippen molar-refractivity contribution in [1.29, 1.82) is 0 Å². The number of aromatic nitrogens is 2. The minimum Gasteiger partial charge on any atom is -0.228 e. The van der Waals surface area contributed by atoms with Crippen LogP contribution in [-0.4, -0.2) is 9.97 Å². The van der Waals surface area contributed by atoms with Crippen molar-refractivity contribution in [3.8, 4) is 89.5 Å². The van der Waals surface area contributed by atoms with Crippen molar-refractivity contribution in [2.45, 2.75) is 19.3 Å². The molecule has 1 heterocycles. The average Bonchev–Trinajstić information content (AvgIpc) is 3.56. The van der Waals surface area contributed by atoms with Gasteiger partial charge < -0.3 is 0 Å². The molecule has 1 aliphatic carbocycles. The molecule has 0 fully saturated rings. The minimum atomic E-state index is -0.0993. The van der Waals surface area contributed by atoms with Gasteiger partial charge in [-0.3, -0.25) is 0 Å². The van der Waals surface area contributed by atoms with Crippen molar-refractivity contribution in [1.82, 2.24) is 9.97 Å². The highest BCUT2D eigenvalue weighted by Crippen LogP contribution is 2.53. The highest BCUT2D eigenvalue weighted by atomic mass is 14.9. The second kappa shape index (κ2) is 14.9. The third-order valence-corrected chi connectivity index (χ3v) is 12.5. The first kappa shape index (κ1) is 36.4. The Morgan fingerprint density at radius 1 is 0.295 bits per heavy atom. The van der Waals surface area contributed by atoms with E-state index in [1.54, 1.807) is 0 Å². The van der Waals surface area contributed by atoms with Crippen LogP contribution >= 0.6 is 0 Å². The molecule has 2 nitrogen and oxygen atoms in total. The molecule has 11 rings (SSSR count). The molecule has 0 unspecified atom stereocenters. The molecule has 0 saturated heterocycles. The Kier molecular flexibility index (Phi) is 8.86. The summed E-state index contributed by atoms with van der Waals surface area (Å²) in [5.74, 6) is 0.691. The van der Waals surface area contributed by atoms with Crippen LogP contribution in [0.1, 0.15) is 25.0 Å². The first-order valence-corrected chi connectivity index (χ1v) is 21.1. The van der Waals surface area contributed by atoms with Gasteiger partial charge >= 0.3 is 0 Å². The van der Waals surface area contributed by atoms with Gasteiger partial charge in [-0.2, -0.15) is 0 Å². The van der Waals surface area contributed by atoms with Crippen molar-refractivity contribution >= 4 is 10.8 Å². The van der Waals surface area contributed by atoms with E-state index in [4.69, 9.17) is 9.97 Å². The van der Waals surface area contributed by atoms with Gasteiger partial charge in [0.2, 0.25) is 0 Å². The second-order valence-electron chi connectivity index (χ2n) is 16.6. The average molecular weight is 779 g/mol. The van der Waals surface area contributed by atoms with E-state index < -0.39 is 0 Å². The van der Waals surface area contributed by atoms with Crippen LogP contribution in [-0.2, 0) is 5.41 Å². The summed E-state index contributed by atoms with van der Waals surface area (Å²) in [6.45, 7) is 4.72. The Labute approximate surface area is 357 Å². The molecule has 0 spiro atoms. The molecular formula is C59H42N2. The summed E-state index contributed by atoms with van der Waals surface area (Å²) in [4.78, 5) is 10.5. The standard InChI is InChI=1S/C59H42N2/c1-59(2)53-25-13-24-51(57(53)52-36-47-18-9-10-19-48(47)37-54(52)59)49-22-11-20-45(34-49)46-21-12-23-50(35-46)58-60-55(43-30-26-41(27-31-43)39-14-5-3-6-15-39)38-56(61-58)44-32-28-42(29-33-44)40-16-7-4-8-17-40/h3-38H,1-2H3. The Morgan fingerprint density at radius 3 is 1.33 bits per heavy atom. The lowest BCUT2D eigenvalue weighted by Crippen LogP contribution is -2.14. The van der Waals surface area contributed by atoms with Gasteiger partial charge in [-0.15, -0.1) is 0 Å². The van der Waals surface area contributed by atoms with Gasteiger partial charge in [0.05, 0.1) is 11.4 Å². The van der Waals surface area contributed by atoms with Gasteiger partial charge in [0.25, 0.3) is 0 Å². The third-order valence-electron chi connectivity index (χ3n) is 12.5. The number of fused-ring (bicyclic) bond motifs is 4. The molecule has 0 saturated carbocycles. The summed E-state index contributed by atoms with van der Waals surface area (Å²) in [5, 5.41) is 2.56. The fraction of sp³-hybridized carbons (Fsp3) is 0.0508. The number of nitrogens with zero attached hydrogens (tertiary/aromatic N) is 2. The zero-order valence-electron chi connectivity index (χ0n) is 34.2. The lowest BCUT2D eigenvalue weighted by molar-refractivity contribution is 0.661. The van der Waals surface area contributed by atoms with E-state index in [2.05, 4.69) is 232 Å². The molecule has 0 atom stereocenters. The SMILES string of the molecule is CC1(C)c2cc3ccccc3cc2-c2c(-c3cccc(-c4cccc(-c5nc(-c6ccc(-c7ccccc7)cc6)cc(-c6ccc(-c7ccccc7)cc6)n5)c4)c3)cccc21. The summed E-state index contributed by atoms with van der Waals surface area (Å²) < 4.78 is 0. The van der Waals surface area contributed by atoms with Crippen LogP contribution < -0.4 is 0 Å². The van der Waals surface area contributed by atoms with Gasteiger partial charge in [0, 0.05) is 22.1 Å². The van der Waals surface area contributed by atoms with Crippen molar-refractivity contribution in [2.75, 3.05) is 0 Å². The monoisotopic (exact) mass is 778 g/mol. The summed E-state index contributed by atoms with van der Waals surface area (Å²) in [6.07, 6.45) is 0. The fourth-order valence-electron chi connectivity index (χ4n) is 9.22. The normalized spacial score (nSPS) is 12.6. The van der Waals surface area contributed by atoms with Crippen LogP contribution in [0, 0.1) is 0 Å². The van der Waals surface area contributed by atoms with Crippen molar-refractivity contribution in [3.63, 3.8) is 0 Å². The van der Waals surface area contributed by atoms with Crippen LogP contribution in [0.2, 0.25) is 0 Å². The predicted octanol–water partition coefficient (Wildman–Crippen LogP) is 15.6. The van der Waals surface area contributed by atoms with Crippen LogP contribution in [0.15, 0.2) is 218 Å². The van der Waals surface area contributed by atoms with Gasteiger partial charge in [-0.25, -0.2) is 9.97 Å². The molecule has 0 radical (unpaired) electrons. The molecule has 0 amide bonds. The van der Waals surface area contributed by atoms with Crippen molar-refractivity contribution < 1.29 is 0 Å². The number of benzene rings is 9. The molecule has 0 N–H and O–H groups in total. The maximum atomic E-state index is 5.25. The highest BCUT2D eigenvalue weighted by molar-refractivity contribution is 5.99. The summed E-state index contributed by atoms with van der Waals surface area (Å²) in [7, 11) is 0. The van der Waals surface area contributed by atoms with Crippen LogP contribution in [0.3, 0.4) is 0 Å². The second-order valence-corrected chi connectivity index (χ2v) is 16.6. The molecule has 2 heteroatoms. The molecule has 288 valence electrons. The maximum Gasteiger partial charge on any atom is 0.160 e. The molecule has 61 heavy (non-hydrogen) atoms. The van der Waals surface area contributed by atoms with E-state index in [1.807, 2.05) is 0 Å². The quantitative estimate of drug-likeness (QED) is 0.161. The molecule has 0 aliphatic heterocycles. The van der Waals surface area contributed by atoms with Crippen LogP contribution in [0.25, 0.3) is 100 Å². The van der Waals surface area contributed by atoms with Gasteiger partial charge in [-0.1, -0.05) is 202 Å². The number of hydrogen-bond acceptors (Lipinski definition) is 2. The molecular weight excluding hydrogens is 737 g/mol. The van der Waals surface area contributed by atoms with Gasteiger partial charge in [0.15, 0.2) is 5.82 Å².